The van der Waals surface area contributed by atoms with Crippen molar-refractivity contribution < 1.29 is 0 Å². The molecule has 0 fully saturated rings. The number of fused-ring (bicyclic) bond motifs is 3. The molecule has 1 aromatic heterocycles. The molecule has 0 unspecified atom stereocenters. The predicted octanol–water partition coefficient (Wildman–Crippen LogP) is 9.06. The van der Waals surface area contributed by atoms with Gasteiger partial charge in [0, 0.05) is 27.8 Å². The molecule has 5 aromatic carbocycles. The van der Waals surface area contributed by atoms with Gasteiger partial charge < -0.3 is 9.88 Å². The molecule has 0 aliphatic carbocycles. The fourth-order valence-electron chi connectivity index (χ4n) is 4.91. The van der Waals surface area contributed by atoms with Crippen molar-refractivity contribution in [3.8, 4) is 27.9 Å². The van der Waals surface area contributed by atoms with Crippen molar-refractivity contribution in [2.75, 3.05) is 5.32 Å². The number of rotatable bonds is 5. The Balaban J connectivity index is 1.65. The van der Waals surface area contributed by atoms with E-state index < -0.39 is 0 Å². The Morgan fingerprint density at radius 2 is 1.14 bits per heavy atom. The first-order valence-electron chi connectivity index (χ1n) is 11.9. The molecule has 0 amide bonds. The third kappa shape index (κ3) is 3.89. The number of allylic oxidation sites excluding steroid dienone is 1. The van der Waals surface area contributed by atoms with Crippen LogP contribution in [0.2, 0.25) is 0 Å². The lowest BCUT2D eigenvalue weighted by molar-refractivity contribution is 1.18. The maximum Gasteiger partial charge on any atom is 0.0542 e. The van der Waals surface area contributed by atoms with E-state index in [1.54, 1.807) is 0 Å². The van der Waals surface area contributed by atoms with Gasteiger partial charge in [-0.25, -0.2) is 0 Å². The van der Waals surface area contributed by atoms with Gasteiger partial charge in [-0.1, -0.05) is 85.4 Å². The van der Waals surface area contributed by atoms with Crippen molar-refractivity contribution in [3.63, 3.8) is 0 Å². The molecular weight excluding hydrogens is 424 g/mol. The Hall–Kier alpha value is -4.56. The van der Waals surface area contributed by atoms with Gasteiger partial charge in [0.1, 0.15) is 0 Å². The molecule has 1 heterocycles. The first-order valence-corrected chi connectivity index (χ1v) is 11.9. The van der Waals surface area contributed by atoms with Crippen molar-refractivity contribution in [1.29, 1.82) is 0 Å². The molecule has 0 radical (unpaired) electrons. The van der Waals surface area contributed by atoms with Crippen LogP contribution >= 0.6 is 0 Å². The van der Waals surface area contributed by atoms with Crippen LogP contribution in [0.4, 0.5) is 5.69 Å². The summed E-state index contributed by atoms with van der Waals surface area (Å²) in [6, 6.07) is 43.3. The molecule has 0 saturated carbocycles. The lowest BCUT2D eigenvalue weighted by atomic mass is 9.98. The van der Waals surface area contributed by atoms with Crippen LogP contribution in [-0.4, -0.2) is 4.57 Å². The number of nitrogens with zero attached hydrogens (tertiary/aromatic N) is 1. The van der Waals surface area contributed by atoms with Gasteiger partial charge in [0.2, 0.25) is 0 Å². The fraction of sp³-hybridized carbons (Fsp3) is 0.0303. The zero-order chi connectivity index (χ0) is 23.8. The summed E-state index contributed by atoms with van der Waals surface area (Å²) in [7, 11) is 0. The van der Waals surface area contributed by atoms with E-state index in [-0.39, 0.29) is 0 Å². The highest BCUT2D eigenvalue weighted by atomic mass is 15.0. The Bertz CT molecular complexity index is 1620. The predicted molar refractivity (Wildman–Crippen MR) is 150 cm³/mol. The van der Waals surface area contributed by atoms with Crippen LogP contribution in [0.5, 0.6) is 0 Å². The first kappa shape index (κ1) is 21.0. The quantitative estimate of drug-likeness (QED) is 0.277. The summed E-state index contributed by atoms with van der Waals surface area (Å²) in [5, 5.41) is 5.82. The van der Waals surface area contributed by atoms with E-state index in [1.165, 1.54) is 44.1 Å². The van der Waals surface area contributed by atoms with Gasteiger partial charge in [-0.2, -0.15) is 0 Å². The average Bonchev–Trinajstić information content (AvgIpc) is 3.23. The number of benzene rings is 5. The number of aromatic nitrogens is 1. The molecule has 0 bridgehead atoms. The zero-order valence-electron chi connectivity index (χ0n) is 19.7. The first-order chi connectivity index (χ1) is 17.2. The van der Waals surface area contributed by atoms with Gasteiger partial charge in [-0.3, -0.25) is 0 Å². The molecule has 0 atom stereocenters. The van der Waals surface area contributed by atoms with E-state index in [2.05, 4.69) is 138 Å². The lowest BCUT2D eigenvalue weighted by Crippen LogP contribution is -1.97. The van der Waals surface area contributed by atoms with Crippen molar-refractivity contribution in [2.45, 2.75) is 6.92 Å². The molecule has 0 aliphatic rings. The minimum absolute atomic E-state index is 0.927. The number of para-hydroxylation sites is 1. The number of hydrogen-bond acceptors (Lipinski definition) is 1. The van der Waals surface area contributed by atoms with Gasteiger partial charge in [-0.05, 0) is 71.6 Å². The molecule has 168 valence electrons. The SMILES string of the molecule is C=C(C)Nc1ccc2c(c1)c1ccccc1n2-c1cc(-c2ccccc2)cc(-c2ccccc2)c1. The molecule has 0 spiro atoms. The maximum absolute atomic E-state index is 4.01. The Morgan fingerprint density at radius 1 is 0.571 bits per heavy atom. The molecule has 6 aromatic rings. The third-order valence-electron chi connectivity index (χ3n) is 6.42. The van der Waals surface area contributed by atoms with E-state index in [0.29, 0.717) is 0 Å². The van der Waals surface area contributed by atoms with Gasteiger partial charge in [0.25, 0.3) is 0 Å². The van der Waals surface area contributed by atoms with Gasteiger partial charge in [0.15, 0.2) is 0 Å². The summed E-state index contributed by atoms with van der Waals surface area (Å²) >= 11 is 0. The highest BCUT2D eigenvalue weighted by Gasteiger charge is 2.15. The largest absolute Gasteiger partial charge is 0.360 e. The van der Waals surface area contributed by atoms with E-state index in [1.807, 2.05) is 6.92 Å². The molecular formula is C33H26N2. The average molecular weight is 451 g/mol. The highest BCUT2D eigenvalue weighted by molar-refractivity contribution is 6.10. The monoisotopic (exact) mass is 450 g/mol. The van der Waals surface area contributed by atoms with Crippen molar-refractivity contribution in [1.82, 2.24) is 4.57 Å². The van der Waals surface area contributed by atoms with E-state index in [9.17, 15) is 0 Å². The lowest BCUT2D eigenvalue weighted by Gasteiger charge is -2.14. The smallest absolute Gasteiger partial charge is 0.0542 e. The summed E-state index contributed by atoms with van der Waals surface area (Å²) in [4.78, 5) is 0. The number of nitrogens with one attached hydrogen (secondary N) is 1. The third-order valence-corrected chi connectivity index (χ3v) is 6.42. The molecule has 2 heteroatoms. The molecule has 35 heavy (non-hydrogen) atoms. The summed E-state index contributed by atoms with van der Waals surface area (Å²) in [5.41, 5.74) is 10.3. The topological polar surface area (TPSA) is 17.0 Å². The van der Waals surface area contributed by atoms with E-state index in [4.69, 9.17) is 0 Å². The van der Waals surface area contributed by atoms with Crippen molar-refractivity contribution in [3.05, 3.63) is 134 Å². The Labute approximate surface area is 205 Å². The summed E-state index contributed by atoms with van der Waals surface area (Å²) in [5.74, 6) is 0. The summed E-state index contributed by atoms with van der Waals surface area (Å²) in [6.45, 7) is 5.99. The van der Waals surface area contributed by atoms with Crippen LogP contribution < -0.4 is 5.32 Å². The molecule has 1 N–H and O–H groups in total. The normalized spacial score (nSPS) is 11.1. The maximum atomic E-state index is 4.01. The van der Waals surface area contributed by atoms with Crippen LogP contribution in [0.1, 0.15) is 6.92 Å². The second kappa shape index (κ2) is 8.66. The van der Waals surface area contributed by atoms with E-state index in [0.717, 1.165) is 17.1 Å². The Morgan fingerprint density at radius 3 is 1.77 bits per heavy atom. The second-order valence-corrected chi connectivity index (χ2v) is 8.99. The fourth-order valence-corrected chi connectivity index (χ4v) is 4.91. The molecule has 0 aliphatic heterocycles. The van der Waals surface area contributed by atoms with Crippen molar-refractivity contribution >= 4 is 27.5 Å². The zero-order valence-corrected chi connectivity index (χ0v) is 19.7. The minimum Gasteiger partial charge on any atom is -0.360 e. The minimum atomic E-state index is 0.927. The standard InChI is InChI=1S/C33H26N2/c1-23(2)34-28-17-18-33-31(22-28)30-15-9-10-16-32(30)35(33)29-20-26(24-11-5-3-6-12-24)19-27(21-29)25-13-7-4-8-14-25/h3-22,34H,1H2,2H3. The number of hydrogen-bond donors (Lipinski definition) is 1. The molecule has 0 saturated heterocycles. The Kier molecular flexibility index (Phi) is 5.20. The van der Waals surface area contributed by atoms with E-state index >= 15 is 0 Å². The second-order valence-electron chi connectivity index (χ2n) is 8.99. The van der Waals surface area contributed by atoms with Crippen LogP contribution in [0.3, 0.4) is 0 Å². The highest BCUT2D eigenvalue weighted by Crippen LogP contribution is 2.37. The van der Waals surface area contributed by atoms with Gasteiger partial charge in [0.05, 0.1) is 11.0 Å². The van der Waals surface area contributed by atoms with Crippen LogP contribution in [0.15, 0.2) is 134 Å². The molecule has 6 rings (SSSR count). The van der Waals surface area contributed by atoms with Crippen LogP contribution in [-0.2, 0) is 0 Å². The van der Waals surface area contributed by atoms with Crippen LogP contribution in [0.25, 0.3) is 49.7 Å². The summed E-state index contributed by atoms with van der Waals surface area (Å²) in [6.07, 6.45) is 0. The molecule has 2 nitrogen and oxygen atoms in total. The number of anilines is 1. The van der Waals surface area contributed by atoms with Crippen molar-refractivity contribution in [2.24, 2.45) is 0 Å². The van der Waals surface area contributed by atoms with Crippen LogP contribution in [0, 0.1) is 0 Å². The van der Waals surface area contributed by atoms with Gasteiger partial charge >= 0.3 is 0 Å². The summed E-state index contributed by atoms with van der Waals surface area (Å²) < 4.78 is 2.38. The van der Waals surface area contributed by atoms with Gasteiger partial charge in [-0.15, -0.1) is 0 Å².